The number of nitrogens with zero attached hydrogens (tertiary/aromatic N) is 5. The second-order valence-electron chi connectivity index (χ2n) is 14.8. The first-order valence-electron chi connectivity index (χ1n) is 17.1. The van der Waals surface area contributed by atoms with Gasteiger partial charge in [0, 0.05) is 61.6 Å². The largest absolute Gasteiger partial charge is 0.465 e. The zero-order chi connectivity index (χ0) is 39.2. The molecule has 1 aliphatic rings. The van der Waals surface area contributed by atoms with Crippen molar-refractivity contribution in [1.29, 1.82) is 0 Å². The highest BCUT2D eigenvalue weighted by Gasteiger charge is 2.42. The van der Waals surface area contributed by atoms with Gasteiger partial charge in [-0.05, 0) is 50.3 Å². The summed E-state index contributed by atoms with van der Waals surface area (Å²) in [6, 6.07) is 10.00. The monoisotopic (exact) mass is 736 g/mol. The molecule has 53 heavy (non-hydrogen) atoms. The highest BCUT2D eigenvalue weighted by Crippen LogP contribution is 2.40. The Morgan fingerprint density at radius 2 is 1.60 bits per heavy atom. The zero-order valence-electron chi connectivity index (χ0n) is 30.7. The lowest BCUT2D eigenvalue weighted by Gasteiger charge is -2.42. The second-order valence-corrected chi connectivity index (χ2v) is 14.8. The van der Waals surface area contributed by atoms with Crippen LogP contribution < -0.4 is 5.32 Å². The molecule has 0 unspecified atom stereocenters. The molecule has 0 saturated heterocycles. The van der Waals surface area contributed by atoms with Crippen LogP contribution in [0.2, 0.25) is 0 Å². The zero-order valence-corrected chi connectivity index (χ0v) is 30.7. The molecule has 4 rings (SSSR count). The minimum absolute atomic E-state index is 0.147. The first-order valence-corrected chi connectivity index (χ1v) is 17.1. The normalized spacial score (nSPS) is 14.3. The lowest BCUT2D eigenvalue weighted by Crippen LogP contribution is -2.58. The summed E-state index contributed by atoms with van der Waals surface area (Å²) in [4.78, 5) is 67.4. The second kappa shape index (κ2) is 16.5. The van der Waals surface area contributed by atoms with Crippen molar-refractivity contribution in [3.63, 3.8) is 0 Å². The van der Waals surface area contributed by atoms with Crippen molar-refractivity contribution >= 4 is 29.7 Å². The van der Waals surface area contributed by atoms with E-state index in [4.69, 9.17) is 5.10 Å². The minimum Gasteiger partial charge on any atom is -0.465 e. The Kier molecular flexibility index (Phi) is 12.5. The third kappa shape index (κ3) is 9.71. The lowest BCUT2D eigenvalue weighted by atomic mass is 9.81. The van der Waals surface area contributed by atoms with Crippen LogP contribution in [-0.2, 0) is 25.6 Å². The molecule has 2 aromatic carbocycles. The molecule has 1 aromatic heterocycles. The summed E-state index contributed by atoms with van der Waals surface area (Å²) < 4.78 is 30.6. The molecule has 13 nitrogen and oxygen atoms in total. The van der Waals surface area contributed by atoms with Gasteiger partial charge in [0.2, 0.25) is 11.8 Å². The maximum Gasteiger partial charge on any atom is 0.408 e. The van der Waals surface area contributed by atoms with E-state index in [-0.39, 0.29) is 31.7 Å². The first kappa shape index (κ1) is 40.3. The fourth-order valence-electron chi connectivity index (χ4n) is 6.49. The number of halogens is 2. The van der Waals surface area contributed by atoms with Crippen molar-refractivity contribution in [1.82, 2.24) is 29.8 Å². The third-order valence-electron chi connectivity index (χ3n) is 8.78. The summed E-state index contributed by atoms with van der Waals surface area (Å²) in [6.07, 6.45) is 2.44. The fraction of sp³-hybridized carbons (Fsp3) is 0.421. The van der Waals surface area contributed by atoms with E-state index in [1.165, 1.54) is 9.58 Å². The van der Waals surface area contributed by atoms with Gasteiger partial charge in [-0.2, -0.15) is 5.10 Å². The quantitative estimate of drug-likeness (QED) is 0.207. The summed E-state index contributed by atoms with van der Waals surface area (Å²) in [5, 5.41) is 27.9. The van der Waals surface area contributed by atoms with Crippen LogP contribution >= 0.6 is 0 Å². The lowest BCUT2D eigenvalue weighted by molar-refractivity contribution is -0.140. The number of aromatic nitrogens is 2. The molecular formula is C38H46F2N6O7. The maximum atomic E-state index is 15.1. The van der Waals surface area contributed by atoms with Gasteiger partial charge in [0.05, 0.1) is 11.7 Å². The van der Waals surface area contributed by atoms with E-state index in [1.807, 2.05) is 51.1 Å². The molecule has 5 amide bonds. The van der Waals surface area contributed by atoms with Crippen LogP contribution in [0.25, 0.3) is 5.69 Å². The van der Waals surface area contributed by atoms with Crippen LogP contribution in [0.3, 0.4) is 0 Å². The average Bonchev–Trinajstić information content (AvgIpc) is 3.63. The summed E-state index contributed by atoms with van der Waals surface area (Å²) >= 11 is 0. The van der Waals surface area contributed by atoms with E-state index in [2.05, 4.69) is 5.32 Å². The van der Waals surface area contributed by atoms with Crippen LogP contribution in [-0.4, -0.2) is 102 Å². The van der Waals surface area contributed by atoms with Crippen molar-refractivity contribution in [2.24, 2.45) is 5.41 Å². The van der Waals surface area contributed by atoms with Gasteiger partial charge in [-0.15, -0.1) is 0 Å². The van der Waals surface area contributed by atoms with Gasteiger partial charge in [0.1, 0.15) is 30.0 Å². The number of amides is 5. The standard InChI is InChI=1S/C38H46F2N6O7/c1-37(2,3)34(33-25(20-24-10-8-7-9-11-24)22-45(42-33)29-21-26(39)12-13-27(29)40)44(32(50)23-47)18-16-28(46(36(52)53)38(4,5)6)35(51)41-17-19-43-30(48)14-15-31(43)49/h7-15,21-22,28,34,47H,16-20,23H2,1-6H3,(H,41,51)(H,52,53)/t28-,34-/m0/s1. The van der Waals surface area contributed by atoms with Crippen molar-refractivity contribution < 1.29 is 43.0 Å². The molecule has 0 bridgehead atoms. The summed E-state index contributed by atoms with van der Waals surface area (Å²) in [7, 11) is 0. The Morgan fingerprint density at radius 3 is 2.17 bits per heavy atom. The van der Waals surface area contributed by atoms with Gasteiger partial charge in [-0.1, -0.05) is 51.1 Å². The SMILES string of the molecule is CC(C)(C)[C@H](c1nn(-c2cc(F)ccc2F)cc1Cc1ccccc1)N(CC[C@@H](C(=O)NCCN1C(=O)C=CC1=O)N(C(=O)O)C(C)(C)C)C(=O)CO. The fourth-order valence-corrected chi connectivity index (χ4v) is 6.49. The van der Waals surface area contributed by atoms with Crippen molar-refractivity contribution in [2.75, 3.05) is 26.2 Å². The Hall–Kier alpha value is -5.44. The van der Waals surface area contributed by atoms with Crippen LogP contribution in [0.1, 0.15) is 70.8 Å². The molecule has 0 fully saturated rings. The van der Waals surface area contributed by atoms with Gasteiger partial charge < -0.3 is 20.4 Å². The van der Waals surface area contributed by atoms with Gasteiger partial charge in [-0.25, -0.2) is 18.3 Å². The van der Waals surface area contributed by atoms with Crippen molar-refractivity contribution in [3.8, 4) is 5.69 Å². The summed E-state index contributed by atoms with van der Waals surface area (Å²) in [5.74, 6) is -3.96. The van der Waals surface area contributed by atoms with Crippen molar-refractivity contribution in [3.05, 3.63) is 95.3 Å². The maximum absolute atomic E-state index is 15.1. The van der Waals surface area contributed by atoms with Gasteiger partial charge >= 0.3 is 6.09 Å². The van der Waals surface area contributed by atoms with Crippen LogP contribution in [0.4, 0.5) is 13.6 Å². The number of benzene rings is 2. The average molecular weight is 737 g/mol. The summed E-state index contributed by atoms with van der Waals surface area (Å²) in [5.41, 5.74) is -0.296. The molecule has 2 atom stereocenters. The van der Waals surface area contributed by atoms with E-state index in [0.29, 0.717) is 17.7 Å². The number of carboxylic acid groups (broad SMARTS) is 1. The molecular weight excluding hydrogens is 690 g/mol. The topological polar surface area (TPSA) is 165 Å². The van der Waals surface area contributed by atoms with Crippen LogP contribution in [0.15, 0.2) is 66.9 Å². The molecule has 3 aromatic rings. The Bertz CT molecular complexity index is 1850. The van der Waals surface area contributed by atoms with E-state index < -0.39 is 71.0 Å². The van der Waals surface area contributed by atoms with Gasteiger partial charge in [0.25, 0.3) is 11.8 Å². The Labute approximate surface area is 306 Å². The van der Waals surface area contributed by atoms with Crippen molar-refractivity contribution in [2.45, 2.75) is 72.0 Å². The number of nitrogens with one attached hydrogen (secondary N) is 1. The highest BCUT2D eigenvalue weighted by atomic mass is 19.1. The predicted octanol–water partition coefficient (Wildman–Crippen LogP) is 4.23. The summed E-state index contributed by atoms with van der Waals surface area (Å²) in [6.45, 7) is 8.86. The van der Waals surface area contributed by atoms with Crippen LogP contribution in [0.5, 0.6) is 0 Å². The molecule has 1 aliphatic heterocycles. The number of rotatable bonds is 14. The predicted molar refractivity (Wildman–Crippen MR) is 191 cm³/mol. The molecule has 3 N–H and O–H groups in total. The molecule has 0 saturated carbocycles. The third-order valence-corrected chi connectivity index (χ3v) is 8.78. The van der Waals surface area contributed by atoms with E-state index in [0.717, 1.165) is 45.7 Å². The number of hydrogen-bond donors (Lipinski definition) is 3. The number of carbonyl (C=O) groups is 5. The van der Waals surface area contributed by atoms with Gasteiger partial charge in [0.15, 0.2) is 0 Å². The molecule has 0 radical (unpaired) electrons. The molecule has 0 aliphatic carbocycles. The minimum atomic E-state index is -1.40. The van der Waals surface area contributed by atoms with E-state index in [9.17, 15) is 38.6 Å². The number of imide groups is 1. The Morgan fingerprint density at radius 1 is 0.962 bits per heavy atom. The molecule has 2 heterocycles. The highest BCUT2D eigenvalue weighted by molar-refractivity contribution is 6.12. The smallest absolute Gasteiger partial charge is 0.408 e. The van der Waals surface area contributed by atoms with E-state index in [1.54, 1.807) is 27.0 Å². The molecule has 0 spiro atoms. The number of aliphatic hydroxyl groups excluding tert-OH is 1. The van der Waals surface area contributed by atoms with Crippen LogP contribution in [0, 0.1) is 17.0 Å². The Balaban J connectivity index is 1.76. The van der Waals surface area contributed by atoms with E-state index >= 15 is 4.39 Å². The number of carbonyl (C=O) groups excluding carboxylic acids is 4. The molecule has 284 valence electrons. The first-order chi connectivity index (χ1) is 24.8. The number of aliphatic hydroxyl groups is 1. The van der Waals surface area contributed by atoms with Gasteiger partial charge in [-0.3, -0.25) is 29.0 Å². The molecule has 15 heteroatoms. The number of hydrogen-bond acceptors (Lipinski definition) is 7.